The molecule has 1 fully saturated rings. The fraction of sp³-hybridized carbons (Fsp3) is 0.320. The molecule has 1 aliphatic heterocycles. The number of rotatable bonds is 5. The van der Waals surface area contributed by atoms with Crippen molar-refractivity contribution in [3.05, 3.63) is 66.2 Å². The summed E-state index contributed by atoms with van der Waals surface area (Å²) in [5.74, 6) is 1.32. The number of aromatic nitrogens is 1. The van der Waals surface area contributed by atoms with Gasteiger partial charge in [0.1, 0.15) is 11.6 Å². The van der Waals surface area contributed by atoms with Crippen LogP contribution < -0.4 is 10.1 Å². The SMILES string of the molecule is CNc1ccc2c(O[C@@H](C)C(=O)N3CCN(C(=O)c4ccccc4)C[C@H]3C)cccc2n1. The van der Waals surface area contributed by atoms with Crippen LogP contribution in [-0.2, 0) is 4.79 Å². The summed E-state index contributed by atoms with van der Waals surface area (Å²) in [6.07, 6.45) is -0.650. The van der Waals surface area contributed by atoms with Crippen molar-refractivity contribution in [1.82, 2.24) is 14.8 Å². The Morgan fingerprint density at radius 3 is 2.56 bits per heavy atom. The molecule has 0 spiro atoms. The van der Waals surface area contributed by atoms with E-state index in [1.54, 1.807) is 6.92 Å². The molecule has 0 bridgehead atoms. The maximum atomic E-state index is 13.2. The third-order valence-corrected chi connectivity index (χ3v) is 5.82. The summed E-state index contributed by atoms with van der Waals surface area (Å²) < 4.78 is 6.08. The number of nitrogens with one attached hydrogen (secondary N) is 1. The Hall–Kier alpha value is -3.61. The number of benzene rings is 2. The van der Waals surface area contributed by atoms with Gasteiger partial charge < -0.3 is 19.9 Å². The quantitative estimate of drug-likeness (QED) is 0.669. The Morgan fingerprint density at radius 2 is 1.84 bits per heavy atom. The van der Waals surface area contributed by atoms with E-state index >= 15 is 0 Å². The third-order valence-electron chi connectivity index (χ3n) is 5.82. The Kier molecular flexibility index (Phi) is 6.25. The van der Waals surface area contributed by atoms with Gasteiger partial charge in [-0.1, -0.05) is 24.3 Å². The highest BCUT2D eigenvalue weighted by atomic mass is 16.5. The molecule has 0 unspecified atom stereocenters. The van der Waals surface area contributed by atoms with Gasteiger partial charge in [0.05, 0.1) is 5.52 Å². The number of hydrogen-bond acceptors (Lipinski definition) is 5. The zero-order valence-corrected chi connectivity index (χ0v) is 18.6. The normalized spacial score (nSPS) is 17.2. The number of pyridine rings is 1. The summed E-state index contributed by atoms with van der Waals surface area (Å²) in [6, 6.07) is 18.6. The van der Waals surface area contributed by atoms with Crippen molar-refractivity contribution in [3.63, 3.8) is 0 Å². The fourth-order valence-electron chi connectivity index (χ4n) is 4.08. The standard InChI is InChI=1S/C25H28N4O3/c1-17-16-28(25(31)19-8-5-4-6-9-19)14-15-29(17)24(30)18(2)32-22-11-7-10-21-20(22)12-13-23(26-3)27-21/h4-13,17-18H,14-16H2,1-3H3,(H,26,27)/t17-,18+/m1/s1. The van der Waals surface area contributed by atoms with E-state index in [-0.39, 0.29) is 17.9 Å². The summed E-state index contributed by atoms with van der Waals surface area (Å²) >= 11 is 0. The van der Waals surface area contributed by atoms with E-state index in [4.69, 9.17) is 4.74 Å². The van der Waals surface area contributed by atoms with E-state index in [1.165, 1.54) is 0 Å². The predicted molar refractivity (Wildman–Crippen MR) is 125 cm³/mol. The van der Waals surface area contributed by atoms with Gasteiger partial charge in [0.2, 0.25) is 0 Å². The molecule has 1 saturated heterocycles. The molecular formula is C25H28N4O3. The first-order chi connectivity index (χ1) is 15.5. The molecular weight excluding hydrogens is 404 g/mol. The van der Waals surface area contributed by atoms with Crippen LogP contribution in [0.5, 0.6) is 5.75 Å². The van der Waals surface area contributed by atoms with Gasteiger partial charge in [-0.3, -0.25) is 9.59 Å². The topological polar surface area (TPSA) is 74.8 Å². The molecule has 166 valence electrons. The number of carbonyl (C=O) groups is 2. The molecule has 7 nitrogen and oxygen atoms in total. The van der Waals surface area contributed by atoms with Crippen LogP contribution in [0.4, 0.5) is 5.82 Å². The number of hydrogen-bond donors (Lipinski definition) is 1. The number of fused-ring (bicyclic) bond motifs is 1. The van der Waals surface area contributed by atoms with Crippen molar-refractivity contribution >= 4 is 28.5 Å². The molecule has 0 saturated carbocycles. The lowest BCUT2D eigenvalue weighted by Gasteiger charge is -2.40. The van der Waals surface area contributed by atoms with Crippen LogP contribution in [0, 0.1) is 0 Å². The summed E-state index contributed by atoms with van der Waals surface area (Å²) in [4.78, 5) is 34.1. The molecule has 3 aromatic rings. The van der Waals surface area contributed by atoms with Crippen LogP contribution in [-0.4, -0.2) is 65.4 Å². The van der Waals surface area contributed by atoms with Crippen molar-refractivity contribution in [2.75, 3.05) is 32.0 Å². The first-order valence-electron chi connectivity index (χ1n) is 10.9. The molecule has 2 heterocycles. The Balaban J connectivity index is 1.42. The second-order valence-corrected chi connectivity index (χ2v) is 8.03. The molecule has 1 aliphatic rings. The fourth-order valence-corrected chi connectivity index (χ4v) is 4.08. The Bertz CT molecular complexity index is 1120. The van der Waals surface area contributed by atoms with E-state index in [0.29, 0.717) is 30.9 Å². The zero-order valence-electron chi connectivity index (χ0n) is 18.6. The average molecular weight is 433 g/mol. The maximum absolute atomic E-state index is 13.2. The average Bonchev–Trinajstić information content (AvgIpc) is 2.83. The number of carbonyl (C=O) groups excluding carboxylic acids is 2. The van der Waals surface area contributed by atoms with E-state index in [1.807, 2.05) is 84.4 Å². The second kappa shape index (κ2) is 9.26. The first-order valence-corrected chi connectivity index (χ1v) is 10.9. The minimum absolute atomic E-state index is 0.00181. The molecule has 4 rings (SSSR count). The van der Waals surface area contributed by atoms with Crippen molar-refractivity contribution < 1.29 is 14.3 Å². The van der Waals surface area contributed by atoms with E-state index in [9.17, 15) is 9.59 Å². The van der Waals surface area contributed by atoms with Crippen LogP contribution in [0.2, 0.25) is 0 Å². The molecule has 0 aliphatic carbocycles. The number of nitrogens with zero attached hydrogens (tertiary/aromatic N) is 3. The molecule has 2 atom stereocenters. The molecule has 7 heteroatoms. The number of piperazine rings is 1. The van der Waals surface area contributed by atoms with Crippen LogP contribution in [0.3, 0.4) is 0 Å². The van der Waals surface area contributed by atoms with E-state index < -0.39 is 6.10 Å². The summed E-state index contributed by atoms with van der Waals surface area (Å²) in [5, 5.41) is 3.89. The zero-order chi connectivity index (χ0) is 22.7. The van der Waals surface area contributed by atoms with Gasteiger partial charge in [-0.05, 0) is 50.2 Å². The maximum Gasteiger partial charge on any atom is 0.263 e. The minimum atomic E-state index is -0.650. The van der Waals surface area contributed by atoms with Gasteiger partial charge in [-0.15, -0.1) is 0 Å². The highest BCUT2D eigenvalue weighted by Crippen LogP contribution is 2.27. The lowest BCUT2D eigenvalue weighted by atomic mass is 10.1. The van der Waals surface area contributed by atoms with Gasteiger partial charge in [0, 0.05) is 43.7 Å². The highest BCUT2D eigenvalue weighted by molar-refractivity contribution is 5.94. The van der Waals surface area contributed by atoms with Gasteiger partial charge in [-0.25, -0.2) is 4.98 Å². The van der Waals surface area contributed by atoms with Crippen LogP contribution in [0.1, 0.15) is 24.2 Å². The number of amides is 2. The molecule has 2 aromatic carbocycles. The van der Waals surface area contributed by atoms with Gasteiger partial charge in [0.25, 0.3) is 11.8 Å². The van der Waals surface area contributed by atoms with Gasteiger partial charge in [0.15, 0.2) is 6.10 Å². The van der Waals surface area contributed by atoms with Crippen LogP contribution >= 0.6 is 0 Å². The molecule has 2 amide bonds. The summed E-state index contributed by atoms with van der Waals surface area (Å²) in [6.45, 7) is 5.22. The van der Waals surface area contributed by atoms with Crippen molar-refractivity contribution in [2.45, 2.75) is 26.0 Å². The highest BCUT2D eigenvalue weighted by Gasteiger charge is 2.33. The lowest BCUT2D eigenvalue weighted by Crippen LogP contribution is -2.57. The van der Waals surface area contributed by atoms with Crippen molar-refractivity contribution in [2.24, 2.45) is 0 Å². The largest absolute Gasteiger partial charge is 0.480 e. The monoisotopic (exact) mass is 432 g/mol. The molecule has 1 aromatic heterocycles. The van der Waals surface area contributed by atoms with E-state index in [2.05, 4.69) is 10.3 Å². The van der Waals surface area contributed by atoms with Gasteiger partial charge >= 0.3 is 0 Å². The Morgan fingerprint density at radius 1 is 1.06 bits per heavy atom. The van der Waals surface area contributed by atoms with Crippen LogP contribution in [0.25, 0.3) is 10.9 Å². The second-order valence-electron chi connectivity index (χ2n) is 8.03. The molecule has 0 radical (unpaired) electrons. The smallest absolute Gasteiger partial charge is 0.263 e. The summed E-state index contributed by atoms with van der Waals surface area (Å²) in [7, 11) is 1.82. The van der Waals surface area contributed by atoms with Crippen LogP contribution in [0.15, 0.2) is 60.7 Å². The minimum Gasteiger partial charge on any atom is -0.480 e. The Labute approximate surface area is 188 Å². The predicted octanol–water partition coefficient (Wildman–Crippen LogP) is 3.42. The third kappa shape index (κ3) is 4.37. The van der Waals surface area contributed by atoms with Crippen molar-refractivity contribution in [3.8, 4) is 5.75 Å². The lowest BCUT2D eigenvalue weighted by molar-refractivity contribution is -0.142. The van der Waals surface area contributed by atoms with Gasteiger partial charge in [-0.2, -0.15) is 0 Å². The number of anilines is 1. The first kappa shape index (κ1) is 21.6. The summed E-state index contributed by atoms with van der Waals surface area (Å²) in [5.41, 5.74) is 1.47. The number of ether oxygens (including phenoxy) is 1. The van der Waals surface area contributed by atoms with Crippen molar-refractivity contribution in [1.29, 1.82) is 0 Å². The molecule has 1 N–H and O–H groups in total. The van der Waals surface area contributed by atoms with E-state index in [0.717, 1.165) is 16.7 Å². The molecule has 32 heavy (non-hydrogen) atoms.